The molecule has 7 heteroatoms. The number of anilines is 1. The van der Waals surface area contributed by atoms with Crippen molar-refractivity contribution in [3.63, 3.8) is 0 Å². The number of carbonyl (C=O) groups excluding carboxylic acids is 2. The van der Waals surface area contributed by atoms with Crippen LogP contribution < -0.4 is 5.32 Å². The summed E-state index contributed by atoms with van der Waals surface area (Å²) in [6, 6.07) is 2.49. The van der Waals surface area contributed by atoms with Crippen molar-refractivity contribution in [1.82, 2.24) is 0 Å². The van der Waals surface area contributed by atoms with Crippen molar-refractivity contribution in [2.45, 2.75) is 11.0 Å². The Morgan fingerprint density at radius 2 is 2.33 bits per heavy atom. The van der Waals surface area contributed by atoms with Gasteiger partial charge in [0.1, 0.15) is 5.82 Å². The fourth-order valence-corrected chi connectivity index (χ4v) is 2.34. The molecule has 2 N–H and O–H groups in total. The monoisotopic (exact) mass is 271 g/mol. The van der Waals surface area contributed by atoms with Crippen LogP contribution in [0.2, 0.25) is 0 Å². The summed E-state index contributed by atoms with van der Waals surface area (Å²) < 4.78 is 18.1. The number of ether oxygens (including phenoxy) is 1. The highest BCUT2D eigenvalue weighted by molar-refractivity contribution is 8.00. The average molecular weight is 271 g/mol. The third-order valence-electron chi connectivity index (χ3n) is 2.48. The van der Waals surface area contributed by atoms with Crippen LogP contribution in [0.4, 0.5) is 10.1 Å². The van der Waals surface area contributed by atoms with Gasteiger partial charge in [-0.2, -0.15) is 0 Å². The van der Waals surface area contributed by atoms with Crippen LogP contribution in [0.3, 0.4) is 0 Å². The van der Waals surface area contributed by atoms with Gasteiger partial charge in [0.05, 0.1) is 12.9 Å². The van der Waals surface area contributed by atoms with Gasteiger partial charge in [-0.1, -0.05) is 0 Å². The van der Waals surface area contributed by atoms with Crippen LogP contribution in [0.1, 0.15) is 11.7 Å². The number of methoxy groups -OCH3 is 1. The van der Waals surface area contributed by atoms with E-state index in [4.69, 9.17) is 0 Å². The van der Waals surface area contributed by atoms with Gasteiger partial charge in [0.2, 0.25) is 0 Å². The molecule has 1 heterocycles. The Morgan fingerprint density at radius 3 is 3.00 bits per heavy atom. The normalized spacial score (nSPS) is 17.3. The molecular formula is C11H10FNO4S. The van der Waals surface area contributed by atoms with Crippen LogP contribution in [-0.4, -0.2) is 29.8 Å². The van der Waals surface area contributed by atoms with Gasteiger partial charge in [-0.15, -0.1) is 11.8 Å². The molecule has 0 saturated carbocycles. The Bertz CT molecular complexity index is 520. The van der Waals surface area contributed by atoms with E-state index in [1.54, 1.807) is 0 Å². The lowest BCUT2D eigenvalue weighted by molar-refractivity contribution is -0.137. The molecular weight excluding hydrogens is 261 g/mol. The number of carbonyl (C=O) groups is 2. The average Bonchev–Trinajstić information content (AvgIpc) is 2.62. The van der Waals surface area contributed by atoms with Crippen LogP contribution in [0.15, 0.2) is 17.0 Å². The Balaban J connectivity index is 2.22. The first-order chi connectivity index (χ1) is 8.52. The highest BCUT2D eigenvalue weighted by Crippen LogP contribution is 2.35. The van der Waals surface area contributed by atoms with Gasteiger partial charge < -0.3 is 15.2 Å². The molecule has 0 bridgehead atoms. The number of benzene rings is 1. The van der Waals surface area contributed by atoms with Gasteiger partial charge in [-0.05, 0) is 12.1 Å². The van der Waals surface area contributed by atoms with E-state index in [2.05, 4.69) is 10.1 Å². The zero-order chi connectivity index (χ0) is 13.3. The first kappa shape index (κ1) is 12.8. The molecule has 1 aromatic rings. The second-order valence-electron chi connectivity index (χ2n) is 3.63. The second kappa shape index (κ2) is 4.95. The van der Waals surface area contributed by atoms with Crippen molar-refractivity contribution in [3.8, 4) is 0 Å². The molecule has 1 atom stereocenters. The van der Waals surface area contributed by atoms with Gasteiger partial charge in [0, 0.05) is 16.1 Å². The molecule has 1 aliphatic rings. The highest BCUT2D eigenvalue weighted by Gasteiger charge is 2.29. The third-order valence-corrected chi connectivity index (χ3v) is 3.48. The van der Waals surface area contributed by atoms with Gasteiger partial charge in [0.25, 0.3) is 5.91 Å². The molecule has 96 valence electrons. The number of hydrogen-bond donors (Lipinski definition) is 2. The van der Waals surface area contributed by atoms with Crippen LogP contribution in [0, 0.1) is 5.82 Å². The van der Waals surface area contributed by atoms with Crippen molar-refractivity contribution >= 4 is 29.3 Å². The van der Waals surface area contributed by atoms with E-state index in [0.717, 1.165) is 17.8 Å². The van der Waals surface area contributed by atoms with Crippen LogP contribution >= 0.6 is 11.8 Å². The Morgan fingerprint density at radius 1 is 1.61 bits per heavy atom. The molecule has 1 aromatic carbocycles. The molecule has 0 aromatic heterocycles. The Labute approximate surface area is 106 Å². The molecule has 0 spiro atoms. The van der Waals surface area contributed by atoms with E-state index in [9.17, 15) is 19.1 Å². The van der Waals surface area contributed by atoms with Crippen LogP contribution in [0.25, 0.3) is 0 Å². The van der Waals surface area contributed by atoms with Crippen molar-refractivity contribution in [3.05, 3.63) is 23.5 Å². The Hall–Kier alpha value is -1.60. The predicted octanol–water partition coefficient (Wildman–Crippen LogP) is 1.08. The number of fused-ring (bicyclic) bond motifs is 1. The summed E-state index contributed by atoms with van der Waals surface area (Å²) in [6.07, 6.45) is -1.34. The minimum absolute atomic E-state index is 0.0251. The van der Waals surface area contributed by atoms with Crippen LogP contribution in [-0.2, 0) is 14.3 Å². The molecule has 1 amide bonds. The summed E-state index contributed by atoms with van der Waals surface area (Å²) in [7, 11) is 1.25. The Kier molecular flexibility index (Phi) is 3.53. The first-order valence-corrected chi connectivity index (χ1v) is 6.03. The molecule has 5 nitrogen and oxygen atoms in total. The summed E-state index contributed by atoms with van der Waals surface area (Å²) in [5, 5.41) is 11.9. The first-order valence-electron chi connectivity index (χ1n) is 5.05. The van der Waals surface area contributed by atoms with Crippen molar-refractivity contribution in [2.24, 2.45) is 0 Å². The van der Waals surface area contributed by atoms with E-state index < -0.39 is 23.8 Å². The number of rotatable bonds is 3. The summed E-state index contributed by atoms with van der Waals surface area (Å²) in [5.41, 5.74) is 0.571. The second-order valence-corrected chi connectivity index (χ2v) is 4.64. The minimum Gasteiger partial charge on any atom is -0.468 e. The minimum atomic E-state index is -1.34. The topological polar surface area (TPSA) is 75.6 Å². The lowest BCUT2D eigenvalue weighted by Gasteiger charge is -2.06. The number of hydrogen-bond acceptors (Lipinski definition) is 5. The largest absolute Gasteiger partial charge is 0.468 e. The van der Waals surface area contributed by atoms with Gasteiger partial charge in [0.15, 0.2) is 6.10 Å². The van der Waals surface area contributed by atoms with Gasteiger partial charge >= 0.3 is 5.97 Å². The fraction of sp³-hybridized carbons (Fsp3) is 0.273. The zero-order valence-electron chi connectivity index (χ0n) is 9.40. The molecule has 0 radical (unpaired) electrons. The predicted molar refractivity (Wildman–Crippen MR) is 62.7 cm³/mol. The summed E-state index contributed by atoms with van der Waals surface area (Å²) in [6.45, 7) is 0. The fourth-order valence-electron chi connectivity index (χ4n) is 1.55. The summed E-state index contributed by atoms with van der Waals surface area (Å²) in [5.74, 6) is -1.66. The van der Waals surface area contributed by atoms with Crippen molar-refractivity contribution in [1.29, 1.82) is 0 Å². The maximum atomic E-state index is 13.7. The van der Waals surface area contributed by atoms with Crippen molar-refractivity contribution in [2.75, 3.05) is 18.2 Å². The summed E-state index contributed by atoms with van der Waals surface area (Å²) in [4.78, 5) is 22.4. The van der Waals surface area contributed by atoms with Gasteiger partial charge in [-0.25, -0.2) is 4.39 Å². The smallest absolute Gasteiger partial charge is 0.315 e. The van der Waals surface area contributed by atoms with E-state index in [0.29, 0.717) is 5.69 Å². The highest BCUT2D eigenvalue weighted by atomic mass is 32.2. The van der Waals surface area contributed by atoms with Crippen LogP contribution in [0.5, 0.6) is 0 Å². The van der Waals surface area contributed by atoms with E-state index in [1.165, 1.54) is 13.2 Å². The number of halogens is 1. The third kappa shape index (κ3) is 2.32. The standard InChI is InChI=1S/C11H10FNO4S/c1-17-9(14)4-18-8-3-7-5(2-6(8)12)10(15)11(16)13-7/h2-3,10,15H,4H2,1H3,(H,13,16). The molecule has 1 unspecified atom stereocenters. The SMILES string of the molecule is COC(=O)CSc1cc2c(cc1F)C(O)C(=O)N2. The zero-order valence-corrected chi connectivity index (χ0v) is 10.2. The van der Waals surface area contributed by atoms with E-state index >= 15 is 0 Å². The number of nitrogens with one attached hydrogen (secondary N) is 1. The number of thioether (sulfide) groups is 1. The molecule has 1 aliphatic heterocycles. The maximum absolute atomic E-state index is 13.7. The number of amides is 1. The molecule has 0 fully saturated rings. The maximum Gasteiger partial charge on any atom is 0.315 e. The number of aliphatic hydroxyl groups excluding tert-OH is 1. The summed E-state index contributed by atoms with van der Waals surface area (Å²) >= 11 is 0.966. The number of aliphatic hydroxyl groups is 1. The quantitative estimate of drug-likeness (QED) is 0.635. The van der Waals surface area contributed by atoms with E-state index in [1.807, 2.05) is 0 Å². The molecule has 0 saturated heterocycles. The lowest BCUT2D eigenvalue weighted by atomic mass is 10.1. The van der Waals surface area contributed by atoms with Gasteiger partial charge in [-0.3, -0.25) is 9.59 Å². The number of esters is 1. The van der Waals surface area contributed by atoms with Crippen molar-refractivity contribution < 1.29 is 23.8 Å². The lowest BCUT2D eigenvalue weighted by Crippen LogP contribution is -2.10. The molecule has 2 rings (SSSR count). The van der Waals surface area contributed by atoms with E-state index in [-0.39, 0.29) is 16.2 Å². The molecule has 18 heavy (non-hydrogen) atoms. The molecule has 0 aliphatic carbocycles.